The first-order chi connectivity index (χ1) is 9.32. The first-order valence-electron chi connectivity index (χ1n) is 5.91. The molecule has 0 saturated carbocycles. The minimum Gasteiger partial charge on any atom is -0.383 e. The number of hydrogen-bond acceptors (Lipinski definition) is 1. The lowest BCUT2D eigenvalue weighted by Gasteiger charge is -2.15. The van der Waals surface area contributed by atoms with Crippen LogP contribution in [0.5, 0.6) is 0 Å². The zero-order chi connectivity index (χ0) is 15.0. The standard InChI is InChI=1S/C15H12F4O/c1-7-3-4-9(14(19)13(7)18)15(20)10-5-8(2)11(16)6-12(10)17/h3-6,15,20H,1-2H3. The molecule has 0 bridgehead atoms. The number of hydrogen-bond donors (Lipinski definition) is 1. The van der Waals surface area contributed by atoms with E-state index in [0.717, 1.165) is 6.07 Å². The maximum atomic E-state index is 13.8. The van der Waals surface area contributed by atoms with Crippen molar-refractivity contribution in [3.63, 3.8) is 0 Å². The number of benzene rings is 2. The summed E-state index contributed by atoms with van der Waals surface area (Å²) in [5.41, 5.74) is -0.508. The summed E-state index contributed by atoms with van der Waals surface area (Å²) in [6.07, 6.45) is -1.70. The quantitative estimate of drug-likeness (QED) is 0.828. The van der Waals surface area contributed by atoms with Gasteiger partial charge in [-0.1, -0.05) is 12.1 Å². The van der Waals surface area contributed by atoms with Gasteiger partial charge in [-0.05, 0) is 31.0 Å². The second kappa shape index (κ2) is 5.25. The largest absolute Gasteiger partial charge is 0.383 e. The van der Waals surface area contributed by atoms with Gasteiger partial charge in [0, 0.05) is 17.2 Å². The Hall–Kier alpha value is -1.88. The predicted octanol–water partition coefficient (Wildman–Crippen LogP) is 3.94. The van der Waals surface area contributed by atoms with Gasteiger partial charge in [-0.2, -0.15) is 0 Å². The van der Waals surface area contributed by atoms with Crippen molar-refractivity contribution in [1.82, 2.24) is 0 Å². The van der Waals surface area contributed by atoms with E-state index >= 15 is 0 Å². The lowest BCUT2D eigenvalue weighted by atomic mass is 9.97. The number of rotatable bonds is 2. The molecule has 1 unspecified atom stereocenters. The predicted molar refractivity (Wildman–Crippen MR) is 66.3 cm³/mol. The topological polar surface area (TPSA) is 20.2 Å². The molecule has 0 fully saturated rings. The molecule has 0 saturated heterocycles. The van der Waals surface area contributed by atoms with Crippen molar-refractivity contribution < 1.29 is 22.7 Å². The molecule has 0 heterocycles. The van der Waals surface area contributed by atoms with Gasteiger partial charge in [-0.3, -0.25) is 0 Å². The highest BCUT2D eigenvalue weighted by Gasteiger charge is 2.22. The minimum absolute atomic E-state index is 0.0780. The Kier molecular flexibility index (Phi) is 3.81. The van der Waals surface area contributed by atoms with Crippen LogP contribution in [0.4, 0.5) is 17.6 Å². The molecule has 1 atom stereocenters. The highest BCUT2D eigenvalue weighted by Crippen LogP contribution is 2.29. The molecular formula is C15H12F4O. The van der Waals surface area contributed by atoms with Crippen molar-refractivity contribution in [2.75, 3.05) is 0 Å². The molecule has 1 N–H and O–H groups in total. The van der Waals surface area contributed by atoms with Crippen molar-refractivity contribution in [2.45, 2.75) is 20.0 Å². The van der Waals surface area contributed by atoms with Crippen molar-refractivity contribution in [3.05, 3.63) is 69.8 Å². The minimum atomic E-state index is -1.70. The second-order valence-corrected chi connectivity index (χ2v) is 4.63. The van der Waals surface area contributed by atoms with Crippen LogP contribution in [0.2, 0.25) is 0 Å². The molecule has 0 spiro atoms. The van der Waals surface area contributed by atoms with Crippen molar-refractivity contribution in [3.8, 4) is 0 Å². The molecule has 2 aromatic rings. The van der Waals surface area contributed by atoms with Crippen LogP contribution in [-0.4, -0.2) is 5.11 Å². The molecule has 2 aromatic carbocycles. The van der Waals surface area contributed by atoms with Crippen LogP contribution in [0.25, 0.3) is 0 Å². The van der Waals surface area contributed by atoms with Crippen LogP contribution in [0, 0.1) is 37.1 Å². The summed E-state index contributed by atoms with van der Waals surface area (Å²) in [6, 6.07) is 4.14. The van der Waals surface area contributed by atoms with E-state index in [-0.39, 0.29) is 16.7 Å². The molecule has 0 amide bonds. The molecule has 0 aliphatic heterocycles. The van der Waals surface area contributed by atoms with E-state index < -0.39 is 34.9 Å². The molecule has 106 valence electrons. The highest BCUT2D eigenvalue weighted by atomic mass is 19.2. The van der Waals surface area contributed by atoms with E-state index in [1.165, 1.54) is 26.0 Å². The van der Waals surface area contributed by atoms with Crippen LogP contribution < -0.4 is 0 Å². The van der Waals surface area contributed by atoms with E-state index in [9.17, 15) is 22.7 Å². The van der Waals surface area contributed by atoms with Gasteiger partial charge in [-0.25, -0.2) is 17.6 Å². The molecule has 0 aliphatic carbocycles. The Balaban J connectivity index is 2.55. The van der Waals surface area contributed by atoms with Crippen molar-refractivity contribution in [1.29, 1.82) is 0 Å². The highest BCUT2D eigenvalue weighted by molar-refractivity contribution is 5.36. The van der Waals surface area contributed by atoms with E-state index in [1.807, 2.05) is 0 Å². The summed E-state index contributed by atoms with van der Waals surface area (Å²) in [4.78, 5) is 0. The van der Waals surface area contributed by atoms with Gasteiger partial charge in [0.05, 0.1) is 0 Å². The average Bonchev–Trinajstić information content (AvgIpc) is 2.40. The fourth-order valence-electron chi connectivity index (χ4n) is 1.93. The SMILES string of the molecule is Cc1cc(C(O)c2ccc(C)c(F)c2F)c(F)cc1F. The fourth-order valence-corrected chi connectivity index (χ4v) is 1.93. The smallest absolute Gasteiger partial charge is 0.165 e. The van der Waals surface area contributed by atoms with Crippen LogP contribution in [-0.2, 0) is 0 Å². The van der Waals surface area contributed by atoms with Crippen LogP contribution in [0.3, 0.4) is 0 Å². The Morgan fingerprint density at radius 3 is 2.10 bits per heavy atom. The Morgan fingerprint density at radius 2 is 1.45 bits per heavy atom. The molecule has 1 nitrogen and oxygen atoms in total. The van der Waals surface area contributed by atoms with Crippen LogP contribution >= 0.6 is 0 Å². The third kappa shape index (κ3) is 2.41. The fraction of sp³-hybridized carbons (Fsp3) is 0.200. The summed E-state index contributed by atoms with van der Waals surface area (Å²) >= 11 is 0. The molecule has 0 radical (unpaired) electrons. The number of aliphatic hydroxyl groups excluding tert-OH is 1. The zero-order valence-corrected chi connectivity index (χ0v) is 10.8. The lowest BCUT2D eigenvalue weighted by molar-refractivity contribution is 0.207. The number of halogens is 4. The van der Waals surface area contributed by atoms with Gasteiger partial charge < -0.3 is 5.11 Å². The Labute approximate surface area is 113 Å². The third-order valence-corrected chi connectivity index (χ3v) is 3.17. The van der Waals surface area contributed by atoms with E-state index in [1.54, 1.807) is 0 Å². The van der Waals surface area contributed by atoms with E-state index in [0.29, 0.717) is 6.07 Å². The molecule has 5 heteroatoms. The molecule has 20 heavy (non-hydrogen) atoms. The maximum absolute atomic E-state index is 13.8. The molecule has 2 rings (SSSR count). The van der Waals surface area contributed by atoms with Crippen LogP contribution in [0.15, 0.2) is 24.3 Å². The second-order valence-electron chi connectivity index (χ2n) is 4.63. The first-order valence-corrected chi connectivity index (χ1v) is 5.91. The molecular weight excluding hydrogens is 272 g/mol. The van der Waals surface area contributed by atoms with Gasteiger partial charge in [0.1, 0.15) is 17.7 Å². The maximum Gasteiger partial charge on any atom is 0.165 e. The van der Waals surface area contributed by atoms with Crippen LogP contribution in [0.1, 0.15) is 28.4 Å². The van der Waals surface area contributed by atoms with Gasteiger partial charge in [0.2, 0.25) is 0 Å². The average molecular weight is 284 g/mol. The van der Waals surface area contributed by atoms with E-state index in [2.05, 4.69) is 0 Å². The number of aliphatic hydroxyl groups is 1. The summed E-state index contributed by atoms with van der Waals surface area (Å²) in [5.74, 6) is -4.12. The van der Waals surface area contributed by atoms with Crippen molar-refractivity contribution >= 4 is 0 Å². The Bertz CT molecular complexity index is 665. The number of aryl methyl sites for hydroxylation is 2. The van der Waals surface area contributed by atoms with Gasteiger partial charge in [-0.15, -0.1) is 0 Å². The molecule has 0 aliphatic rings. The summed E-state index contributed by atoms with van der Waals surface area (Å²) in [7, 11) is 0. The third-order valence-electron chi connectivity index (χ3n) is 3.17. The first kappa shape index (κ1) is 14.5. The molecule has 0 aromatic heterocycles. The summed E-state index contributed by atoms with van der Waals surface area (Å²) in [5, 5.41) is 10.0. The summed E-state index contributed by atoms with van der Waals surface area (Å²) < 4.78 is 54.1. The Morgan fingerprint density at radius 1 is 0.800 bits per heavy atom. The van der Waals surface area contributed by atoms with E-state index in [4.69, 9.17) is 0 Å². The van der Waals surface area contributed by atoms with Gasteiger partial charge in [0.25, 0.3) is 0 Å². The monoisotopic (exact) mass is 284 g/mol. The summed E-state index contributed by atoms with van der Waals surface area (Å²) in [6.45, 7) is 2.76. The normalized spacial score (nSPS) is 12.6. The lowest BCUT2D eigenvalue weighted by Crippen LogP contribution is -2.08. The van der Waals surface area contributed by atoms with Gasteiger partial charge >= 0.3 is 0 Å². The van der Waals surface area contributed by atoms with Gasteiger partial charge in [0.15, 0.2) is 11.6 Å². The van der Waals surface area contributed by atoms with Crippen molar-refractivity contribution in [2.24, 2.45) is 0 Å². The zero-order valence-electron chi connectivity index (χ0n) is 10.8.